The number of pyridine rings is 1. The van der Waals surface area contributed by atoms with Crippen LogP contribution < -0.4 is 15.8 Å². The van der Waals surface area contributed by atoms with E-state index in [1.807, 2.05) is 30.3 Å². The van der Waals surface area contributed by atoms with Gasteiger partial charge in [-0.2, -0.15) is 8.78 Å². The molecule has 9 heteroatoms. The Bertz CT molecular complexity index is 1090. The van der Waals surface area contributed by atoms with Crippen LogP contribution in [0, 0.1) is 6.92 Å². The molecule has 1 aromatic heterocycles. The molecule has 1 aliphatic heterocycles. The van der Waals surface area contributed by atoms with E-state index in [4.69, 9.17) is 22.1 Å². The van der Waals surface area contributed by atoms with E-state index in [9.17, 15) is 8.78 Å². The van der Waals surface area contributed by atoms with Crippen LogP contribution in [-0.4, -0.2) is 30.9 Å². The van der Waals surface area contributed by atoms with Crippen molar-refractivity contribution >= 4 is 24.0 Å². The molecule has 3 N–H and O–H groups in total. The normalized spacial score (nSPS) is 20.6. The summed E-state index contributed by atoms with van der Waals surface area (Å²) in [5, 5.41) is 3.86. The van der Waals surface area contributed by atoms with Crippen LogP contribution in [0.15, 0.2) is 60.9 Å². The van der Waals surface area contributed by atoms with Crippen LogP contribution >= 0.6 is 24.0 Å². The molecule has 0 bridgehead atoms. The molecule has 3 aromatic rings. The molecule has 1 aliphatic rings. The number of hydrogen-bond donors (Lipinski definition) is 2. The number of ether oxygens (including phenoxy) is 2. The van der Waals surface area contributed by atoms with Gasteiger partial charge < -0.3 is 20.5 Å². The number of nitrogens with two attached hydrogens (primary N) is 1. The van der Waals surface area contributed by atoms with Gasteiger partial charge in [0.05, 0.1) is 5.02 Å². The monoisotopic (exact) mass is 481 g/mol. The Kier molecular flexibility index (Phi) is 7.69. The van der Waals surface area contributed by atoms with E-state index in [0.29, 0.717) is 23.7 Å². The molecule has 2 heterocycles. The molecular weight excluding hydrogens is 459 g/mol. The second kappa shape index (κ2) is 10.1. The van der Waals surface area contributed by atoms with E-state index in [-0.39, 0.29) is 18.2 Å². The standard InChI is InChI=1S/C23H22ClF2N3O2.ClH/c1-14-7-18(5-6-20(14)30-22(25)26)23(13-29-12-21(27)31-23)17-4-2-3-15(8-17)16-9-19(24)11-28-10-16;/h2-11,21-22,29H,12-13,27H2,1H3;1H. The Balaban J connectivity index is 0.00000289. The first-order chi connectivity index (χ1) is 14.9. The van der Waals surface area contributed by atoms with Crippen molar-refractivity contribution in [2.24, 2.45) is 5.73 Å². The third-order valence-electron chi connectivity index (χ3n) is 5.30. The number of halogens is 4. The SMILES string of the molecule is Cc1cc(C2(c3cccc(-c4cncc(Cl)c4)c3)CNCC(N)O2)ccc1OC(F)F.Cl. The van der Waals surface area contributed by atoms with Crippen LogP contribution in [0.5, 0.6) is 5.75 Å². The quantitative estimate of drug-likeness (QED) is 0.543. The maximum absolute atomic E-state index is 12.7. The highest BCUT2D eigenvalue weighted by Crippen LogP contribution is 2.39. The molecule has 1 saturated heterocycles. The summed E-state index contributed by atoms with van der Waals surface area (Å²) in [6.45, 7) is -0.195. The molecule has 32 heavy (non-hydrogen) atoms. The van der Waals surface area contributed by atoms with Gasteiger partial charge in [-0.05, 0) is 53.4 Å². The van der Waals surface area contributed by atoms with Gasteiger partial charge in [0.2, 0.25) is 0 Å². The number of alkyl halides is 2. The summed E-state index contributed by atoms with van der Waals surface area (Å²) in [5.74, 6) is 0.126. The van der Waals surface area contributed by atoms with Crippen LogP contribution in [-0.2, 0) is 10.3 Å². The van der Waals surface area contributed by atoms with Gasteiger partial charge in [-0.3, -0.25) is 4.98 Å². The molecule has 0 radical (unpaired) electrons. The number of nitrogens with zero attached hydrogens (tertiary/aromatic N) is 1. The Morgan fingerprint density at radius 1 is 1.16 bits per heavy atom. The molecule has 2 atom stereocenters. The van der Waals surface area contributed by atoms with Gasteiger partial charge in [0, 0.05) is 31.0 Å². The van der Waals surface area contributed by atoms with Gasteiger partial charge in [0.15, 0.2) is 0 Å². The van der Waals surface area contributed by atoms with Crippen molar-refractivity contribution in [1.82, 2.24) is 10.3 Å². The zero-order valence-electron chi connectivity index (χ0n) is 17.2. The van der Waals surface area contributed by atoms with Crippen LogP contribution in [0.3, 0.4) is 0 Å². The maximum atomic E-state index is 12.7. The molecule has 5 nitrogen and oxygen atoms in total. The fourth-order valence-electron chi connectivity index (χ4n) is 3.89. The number of morpholine rings is 1. The van der Waals surface area contributed by atoms with E-state index in [2.05, 4.69) is 15.0 Å². The van der Waals surface area contributed by atoms with E-state index in [0.717, 1.165) is 22.3 Å². The zero-order valence-corrected chi connectivity index (χ0v) is 18.8. The molecular formula is C23H23Cl2F2N3O2. The van der Waals surface area contributed by atoms with Crippen molar-refractivity contribution in [2.75, 3.05) is 13.1 Å². The first-order valence-corrected chi connectivity index (χ1v) is 10.2. The minimum atomic E-state index is -2.89. The topological polar surface area (TPSA) is 69.4 Å². The fourth-order valence-corrected chi connectivity index (χ4v) is 4.06. The van der Waals surface area contributed by atoms with E-state index in [1.165, 1.54) is 6.07 Å². The number of hydrogen-bond acceptors (Lipinski definition) is 5. The van der Waals surface area contributed by atoms with Crippen molar-refractivity contribution in [1.29, 1.82) is 0 Å². The number of benzene rings is 2. The highest BCUT2D eigenvalue weighted by Gasteiger charge is 2.40. The van der Waals surface area contributed by atoms with E-state index >= 15 is 0 Å². The summed E-state index contributed by atoms with van der Waals surface area (Å²) in [5.41, 5.74) is 9.27. The lowest BCUT2D eigenvalue weighted by atomic mass is 9.83. The van der Waals surface area contributed by atoms with Crippen molar-refractivity contribution in [3.05, 3.63) is 82.6 Å². The zero-order chi connectivity index (χ0) is 22.0. The third kappa shape index (κ3) is 5.03. The second-order valence-electron chi connectivity index (χ2n) is 7.45. The van der Waals surface area contributed by atoms with Crippen LogP contribution in [0.2, 0.25) is 5.02 Å². The predicted octanol–water partition coefficient (Wildman–Crippen LogP) is 4.88. The Morgan fingerprint density at radius 3 is 2.62 bits per heavy atom. The average molecular weight is 482 g/mol. The minimum Gasteiger partial charge on any atom is -0.435 e. The Labute approximate surface area is 196 Å². The Morgan fingerprint density at radius 2 is 1.94 bits per heavy atom. The van der Waals surface area contributed by atoms with Crippen molar-refractivity contribution in [3.63, 3.8) is 0 Å². The van der Waals surface area contributed by atoms with Gasteiger partial charge in [0.1, 0.15) is 17.6 Å². The lowest BCUT2D eigenvalue weighted by Gasteiger charge is -2.41. The summed E-state index contributed by atoms with van der Waals surface area (Å²) in [6, 6.07) is 14.8. The molecule has 170 valence electrons. The lowest BCUT2D eigenvalue weighted by Crippen LogP contribution is -2.55. The summed E-state index contributed by atoms with van der Waals surface area (Å²) >= 11 is 6.11. The largest absolute Gasteiger partial charge is 0.435 e. The minimum absolute atomic E-state index is 0. The van der Waals surface area contributed by atoms with Crippen molar-refractivity contribution in [3.8, 4) is 16.9 Å². The molecule has 0 amide bonds. The average Bonchev–Trinajstić information content (AvgIpc) is 2.75. The third-order valence-corrected chi connectivity index (χ3v) is 5.50. The van der Waals surface area contributed by atoms with Crippen LogP contribution in [0.4, 0.5) is 8.78 Å². The van der Waals surface area contributed by atoms with Gasteiger partial charge in [0.25, 0.3) is 0 Å². The maximum Gasteiger partial charge on any atom is 0.387 e. The van der Waals surface area contributed by atoms with Crippen LogP contribution in [0.1, 0.15) is 16.7 Å². The summed E-state index contributed by atoms with van der Waals surface area (Å²) < 4.78 is 36.3. The lowest BCUT2D eigenvalue weighted by molar-refractivity contribution is -0.0931. The molecule has 0 saturated carbocycles. The number of nitrogens with one attached hydrogen (secondary N) is 1. The summed E-state index contributed by atoms with van der Waals surface area (Å²) in [4.78, 5) is 4.16. The molecule has 1 fully saturated rings. The number of aromatic nitrogens is 1. The molecule has 0 aliphatic carbocycles. The smallest absolute Gasteiger partial charge is 0.387 e. The number of aryl methyl sites for hydroxylation is 1. The number of rotatable bonds is 5. The van der Waals surface area contributed by atoms with Crippen LogP contribution in [0.25, 0.3) is 11.1 Å². The van der Waals surface area contributed by atoms with Crippen molar-refractivity contribution in [2.45, 2.75) is 25.4 Å². The Hall–Kier alpha value is -2.29. The molecule has 4 rings (SSSR count). The summed E-state index contributed by atoms with van der Waals surface area (Å²) in [7, 11) is 0. The summed E-state index contributed by atoms with van der Waals surface area (Å²) in [6.07, 6.45) is 2.78. The predicted molar refractivity (Wildman–Crippen MR) is 122 cm³/mol. The molecule has 0 spiro atoms. The van der Waals surface area contributed by atoms with Gasteiger partial charge in [-0.1, -0.05) is 35.9 Å². The highest BCUT2D eigenvalue weighted by atomic mass is 35.5. The van der Waals surface area contributed by atoms with Gasteiger partial charge in [-0.15, -0.1) is 12.4 Å². The first kappa shape index (κ1) is 24.4. The molecule has 2 unspecified atom stereocenters. The fraction of sp³-hybridized carbons (Fsp3) is 0.261. The van der Waals surface area contributed by atoms with Gasteiger partial charge in [-0.25, -0.2) is 0 Å². The molecule has 2 aromatic carbocycles. The van der Waals surface area contributed by atoms with Gasteiger partial charge >= 0.3 is 6.61 Å². The first-order valence-electron chi connectivity index (χ1n) is 9.79. The highest BCUT2D eigenvalue weighted by molar-refractivity contribution is 6.30. The van der Waals surface area contributed by atoms with E-state index in [1.54, 1.807) is 31.5 Å². The van der Waals surface area contributed by atoms with Crippen molar-refractivity contribution < 1.29 is 18.3 Å². The second-order valence-corrected chi connectivity index (χ2v) is 7.88. The van der Waals surface area contributed by atoms with E-state index < -0.39 is 18.4 Å².